The fraction of sp³-hybridized carbons (Fsp3) is 0.0833. The minimum atomic E-state index is -4.63. The van der Waals surface area contributed by atoms with E-state index < -0.39 is 23.1 Å². The number of alkyl halides is 3. The molecular formula is C12H7F3NO2S. The van der Waals surface area contributed by atoms with Gasteiger partial charge in [0.1, 0.15) is 0 Å². The predicted molar refractivity (Wildman–Crippen MR) is 63.3 cm³/mol. The second kappa shape index (κ2) is 5.10. The van der Waals surface area contributed by atoms with Crippen LogP contribution < -0.4 is 0 Å². The number of rotatable bonds is 2. The zero-order valence-electron chi connectivity index (χ0n) is 9.31. The number of aromatic nitrogens is 1. The third-order valence-electron chi connectivity index (χ3n) is 2.44. The molecule has 0 unspecified atom stereocenters. The highest BCUT2D eigenvalue weighted by Crippen LogP contribution is 2.44. The van der Waals surface area contributed by atoms with Crippen LogP contribution in [-0.2, 0) is 11.3 Å². The molecule has 3 nitrogen and oxygen atoms in total. The van der Waals surface area contributed by atoms with Crippen LogP contribution in [0.3, 0.4) is 0 Å². The first-order chi connectivity index (χ1) is 8.95. The van der Waals surface area contributed by atoms with Crippen molar-refractivity contribution in [2.75, 3.05) is 0 Å². The van der Waals surface area contributed by atoms with Crippen molar-refractivity contribution in [3.05, 3.63) is 42.1 Å². The lowest BCUT2D eigenvalue weighted by atomic mass is 10.0. The van der Waals surface area contributed by atoms with Gasteiger partial charge in [0.25, 0.3) is 0 Å². The van der Waals surface area contributed by atoms with Crippen molar-refractivity contribution >= 4 is 12.0 Å². The molecule has 0 bridgehead atoms. The Hall–Kier alpha value is -1.73. The van der Waals surface area contributed by atoms with Gasteiger partial charge in [-0.15, -0.1) is 0 Å². The van der Waals surface area contributed by atoms with E-state index in [9.17, 15) is 18.3 Å². The molecule has 0 aliphatic rings. The zero-order valence-corrected chi connectivity index (χ0v) is 10.1. The van der Waals surface area contributed by atoms with Crippen molar-refractivity contribution < 1.29 is 22.8 Å². The smallest absolute Gasteiger partial charge is 0.325 e. The van der Waals surface area contributed by atoms with Gasteiger partial charge in [0.05, 0.1) is 16.2 Å². The number of benzene rings is 1. The molecule has 2 rings (SSSR count). The fourth-order valence-electron chi connectivity index (χ4n) is 1.66. The highest BCUT2D eigenvalue weighted by Gasteiger charge is 2.36. The normalized spacial score (nSPS) is 11.6. The van der Waals surface area contributed by atoms with E-state index >= 15 is 0 Å². The van der Waals surface area contributed by atoms with Crippen molar-refractivity contribution in [2.45, 2.75) is 11.1 Å². The van der Waals surface area contributed by atoms with Crippen LogP contribution in [0.5, 0.6) is 5.75 Å². The summed E-state index contributed by atoms with van der Waals surface area (Å²) in [7, 11) is 0. The first kappa shape index (κ1) is 13.7. The number of hydrogen-bond donors (Lipinski definition) is 1. The number of nitrogens with zero attached hydrogens (tertiary/aromatic N) is 1. The van der Waals surface area contributed by atoms with Gasteiger partial charge in [0.2, 0.25) is 0 Å². The Balaban J connectivity index is 2.78. The van der Waals surface area contributed by atoms with Crippen LogP contribution >= 0.6 is 12.0 Å². The van der Waals surface area contributed by atoms with E-state index in [0.29, 0.717) is 6.07 Å². The van der Waals surface area contributed by atoms with E-state index in [4.69, 9.17) is 4.55 Å². The molecule has 0 atom stereocenters. The monoisotopic (exact) mass is 286 g/mol. The Morgan fingerprint density at radius 1 is 1.16 bits per heavy atom. The van der Waals surface area contributed by atoms with Crippen LogP contribution in [0.25, 0.3) is 11.3 Å². The third-order valence-corrected chi connectivity index (χ3v) is 3.03. The lowest BCUT2D eigenvalue weighted by Crippen LogP contribution is -2.08. The predicted octanol–water partition coefficient (Wildman–Crippen LogP) is 4.48. The molecule has 7 heteroatoms. The van der Waals surface area contributed by atoms with Crippen LogP contribution in [0.1, 0.15) is 5.56 Å². The molecule has 1 aromatic heterocycles. The summed E-state index contributed by atoms with van der Waals surface area (Å²) in [6.45, 7) is 0. The fourth-order valence-corrected chi connectivity index (χ4v) is 2.12. The van der Waals surface area contributed by atoms with Gasteiger partial charge in [-0.25, -0.2) is 0 Å². The minimum Gasteiger partial charge on any atom is -0.325 e. The summed E-state index contributed by atoms with van der Waals surface area (Å²) in [5, 5.41) is 11.5. The summed E-state index contributed by atoms with van der Waals surface area (Å²) in [5.74, 6) is -0.679. The molecule has 19 heavy (non-hydrogen) atoms. The molecule has 0 saturated heterocycles. The second-order valence-corrected chi connectivity index (χ2v) is 4.21. The van der Waals surface area contributed by atoms with Crippen molar-refractivity contribution in [2.24, 2.45) is 0 Å². The highest BCUT2D eigenvalue weighted by atomic mass is 32.2. The van der Waals surface area contributed by atoms with Gasteiger partial charge in [-0.3, -0.25) is 10.1 Å². The van der Waals surface area contributed by atoms with Gasteiger partial charge in [-0.2, -0.15) is 13.2 Å². The molecule has 2 aromatic rings. The third kappa shape index (κ3) is 2.66. The molecule has 0 fully saturated rings. The molecule has 0 aliphatic carbocycles. The molecule has 1 radical (unpaired) electrons. The molecule has 1 N–H and O–H groups in total. The minimum absolute atomic E-state index is 0.00535. The van der Waals surface area contributed by atoms with E-state index in [-0.39, 0.29) is 22.6 Å². The van der Waals surface area contributed by atoms with Crippen molar-refractivity contribution in [3.8, 4) is 17.0 Å². The lowest BCUT2D eigenvalue weighted by Gasteiger charge is -2.15. The Kier molecular flexibility index (Phi) is 3.68. The van der Waals surface area contributed by atoms with Crippen LogP contribution in [0, 0.1) is 0 Å². The molecule has 0 saturated carbocycles. The van der Waals surface area contributed by atoms with E-state index in [0.717, 1.165) is 6.07 Å². The van der Waals surface area contributed by atoms with Crippen molar-refractivity contribution in [3.63, 3.8) is 0 Å². The number of hydrogen-bond acceptors (Lipinski definition) is 3. The SMILES string of the molecule is [O]c1ccc(C(F)(F)F)c(-c2ccccn2)c1SO. The summed E-state index contributed by atoms with van der Waals surface area (Å²) in [6, 6.07) is 5.89. The molecule has 1 heterocycles. The maximum Gasteiger partial charge on any atom is 0.417 e. The first-order valence-electron chi connectivity index (χ1n) is 5.09. The second-order valence-electron chi connectivity index (χ2n) is 3.62. The number of pyridine rings is 1. The van der Waals surface area contributed by atoms with Crippen LogP contribution in [0.15, 0.2) is 41.4 Å². The average molecular weight is 286 g/mol. The highest BCUT2D eigenvalue weighted by molar-refractivity contribution is 7.94. The van der Waals surface area contributed by atoms with Gasteiger partial charge < -0.3 is 4.55 Å². The topological polar surface area (TPSA) is 53.0 Å². The van der Waals surface area contributed by atoms with Crippen LogP contribution in [-0.4, -0.2) is 9.54 Å². The van der Waals surface area contributed by atoms with E-state index in [2.05, 4.69) is 4.98 Å². The van der Waals surface area contributed by atoms with Gasteiger partial charge in [0, 0.05) is 23.8 Å². The Morgan fingerprint density at radius 2 is 1.89 bits per heavy atom. The van der Waals surface area contributed by atoms with Crippen LogP contribution in [0.2, 0.25) is 0 Å². The lowest BCUT2D eigenvalue weighted by molar-refractivity contribution is -0.137. The van der Waals surface area contributed by atoms with Gasteiger partial charge in [-0.05, 0) is 24.3 Å². The van der Waals surface area contributed by atoms with E-state index in [1.165, 1.54) is 18.3 Å². The van der Waals surface area contributed by atoms with Gasteiger partial charge in [-0.1, -0.05) is 6.07 Å². The average Bonchev–Trinajstić information content (AvgIpc) is 2.38. The molecule has 99 valence electrons. The molecule has 0 aliphatic heterocycles. The summed E-state index contributed by atoms with van der Waals surface area (Å²) in [5.41, 5.74) is -1.40. The standard InChI is InChI=1S/C12H7F3NO2S/c13-12(14,15)7-4-5-9(17)11(19-18)10(7)8-3-1-2-6-16-8/h1-6,18H. The summed E-state index contributed by atoms with van der Waals surface area (Å²) >= 11 is -0.00535. The van der Waals surface area contributed by atoms with Crippen molar-refractivity contribution in [1.29, 1.82) is 0 Å². The van der Waals surface area contributed by atoms with E-state index in [1.807, 2.05) is 0 Å². The Labute approximate surface area is 110 Å². The Bertz CT molecular complexity index is 588. The summed E-state index contributed by atoms with van der Waals surface area (Å²) in [4.78, 5) is 3.43. The van der Waals surface area contributed by atoms with Gasteiger partial charge in [0.15, 0.2) is 5.75 Å². The Morgan fingerprint density at radius 3 is 2.42 bits per heavy atom. The van der Waals surface area contributed by atoms with Crippen LogP contribution in [0.4, 0.5) is 13.2 Å². The number of halogens is 3. The largest absolute Gasteiger partial charge is 0.417 e. The van der Waals surface area contributed by atoms with Gasteiger partial charge >= 0.3 is 6.18 Å². The summed E-state index contributed by atoms with van der Waals surface area (Å²) in [6.07, 6.45) is -3.32. The molecule has 0 spiro atoms. The molecule has 0 amide bonds. The molecular weight excluding hydrogens is 279 g/mol. The summed E-state index contributed by atoms with van der Waals surface area (Å²) < 4.78 is 48.0. The maximum atomic E-state index is 13.0. The molecule has 1 aromatic carbocycles. The zero-order chi connectivity index (χ0) is 14.0. The van der Waals surface area contributed by atoms with Crippen molar-refractivity contribution in [1.82, 2.24) is 4.98 Å². The van der Waals surface area contributed by atoms with E-state index in [1.54, 1.807) is 6.07 Å². The first-order valence-corrected chi connectivity index (χ1v) is 5.86. The quantitative estimate of drug-likeness (QED) is 0.828. The maximum absolute atomic E-state index is 13.0.